The molecule has 1 N–H and O–H groups in total. The van der Waals surface area contributed by atoms with Crippen molar-refractivity contribution in [3.8, 4) is 5.75 Å². The highest BCUT2D eigenvalue weighted by Crippen LogP contribution is 2.27. The van der Waals surface area contributed by atoms with Crippen LogP contribution in [0.5, 0.6) is 5.75 Å². The summed E-state index contributed by atoms with van der Waals surface area (Å²) in [5.41, 5.74) is 0.977. The highest BCUT2D eigenvalue weighted by atomic mass is 79.9. The maximum absolute atomic E-state index is 13.8. The number of rotatable bonds is 11. The molecule has 3 aromatic carbocycles. The van der Waals surface area contributed by atoms with Crippen LogP contribution in [-0.4, -0.2) is 51.4 Å². The second kappa shape index (κ2) is 13.1. The zero-order chi connectivity index (χ0) is 27.9. The van der Waals surface area contributed by atoms with E-state index in [-0.39, 0.29) is 23.0 Å². The zero-order valence-corrected chi connectivity index (χ0v) is 24.4. The van der Waals surface area contributed by atoms with Gasteiger partial charge in [-0.05, 0) is 80.1 Å². The molecule has 0 aromatic heterocycles. The number of anilines is 1. The van der Waals surface area contributed by atoms with Crippen LogP contribution in [0.3, 0.4) is 0 Å². The van der Waals surface area contributed by atoms with E-state index >= 15 is 0 Å². The first-order chi connectivity index (χ1) is 18.1. The van der Waals surface area contributed by atoms with E-state index in [1.165, 1.54) is 24.1 Å². The van der Waals surface area contributed by atoms with Crippen molar-refractivity contribution >= 4 is 55.1 Å². The van der Waals surface area contributed by atoms with E-state index in [2.05, 4.69) is 21.2 Å². The molecule has 1 atom stereocenters. The molecule has 0 saturated carbocycles. The number of amides is 2. The summed E-state index contributed by atoms with van der Waals surface area (Å²) in [6.45, 7) is 3.41. The molecule has 11 heteroatoms. The second-order valence-electron chi connectivity index (χ2n) is 8.33. The fraction of sp³-hybridized carbons (Fsp3) is 0.259. The molecule has 0 bridgehead atoms. The number of carbonyl (C=O) groups excluding carboxylic acids is 2. The SMILES string of the molecule is CCOc1ccc(N(CC(=O)N(Cc2cccc(Cl)c2)C(C)C(=O)NC)S(=O)(=O)c2ccc(Br)cc2)cc1. The van der Waals surface area contributed by atoms with Gasteiger partial charge >= 0.3 is 0 Å². The summed E-state index contributed by atoms with van der Waals surface area (Å²) in [5.74, 6) is -0.376. The minimum Gasteiger partial charge on any atom is -0.494 e. The van der Waals surface area contributed by atoms with Crippen LogP contribution in [0.15, 0.2) is 82.2 Å². The molecule has 0 aliphatic rings. The smallest absolute Gasteiger partial charge is 0.264 e. The third-order valence-electron chi connectivity index (χ3n) is 5.77. The van der Waals surface area contributed by atoms with Gasteiger partial charge in [-0.2, -0.15) is 0 Å². The molecule has 0 radical (unpaired) electrons. The molecule has 0 aliphatic heterocycles. The Bertz CT molecular complexity index is 1370. The first-order valence-corrected chi connectivity index (χ1v) is 14.4. The first-order valence-electron chi connectivity index (χ1n) is 11.8. The van der Waals surface area contributed by atoms with E-state index in [1.54, 1.807) is 67.6 Å². The first kappa shape index (κ1) is 29.5. The summed E-state index contributed by atoms with van der Waals surface area (Å²) in [6, 6.07) is 18.7. The average molecular weight is 623 g/mol. The van der Waals surface area contributed by atoms with Gasteiger partial charge in [0.25, 0.3) is 10.0 Å². The van der Waals surface area contributed by atoms with E-state index in [1.807, 2.05) is 6.92 Å². The number of hydrogen-bond acceptors (Lipinski definition) is 5. The Morgan fingerprint density at radius 2 is 1.71 bits per heavy atom. The van der Waals surface area contributed by atoms with Crippen LogP contribution in [0.2, 0.25) is 5.02 Å². The van der Waals surface area contributed by atoms with Crippen LogP contribution < -0.4 is 14.4 Å². The molecule has 8 nitrogen and oxygen atoms in total. The van der Waals surface area contributed by atoms with Crippen LogP contribution in [0.1, 0.15) is 19.4 Å². The molecule has 0 aliphatic carbocycles. The minimum atomic E-state index is -4.15. The lowest BCUT2D eigenvalue weighted by atomic mass is 10.1. The van der Waals surface area contributed by atoms with Gasteiger partial charge in [-0.15, -0.1) is 0 Å². The third kappa shape index (κ3) is 7.27. The Morgan fingerprint density at radius 1 is 1.05 bits per heavy atom. The van der Waals surface area contributed by atoms with E-state index in [0.29, 0.717) is 27.4 Å². The van der Waals surface area contributed by atoms with Crippen molar-refractivity contribution in [2.75, 3.05) is 24.5 Å². The van der Waals surface area contributed by atoms with Crippen LogP contribution in [0.4, 0.5) is 5.69 Å². The van der Waals surface area contributed by atoms with E-state index < -0.39 is 28.5 Å². The van der Waals surface area contributed by atoms with Gasteiger partial charge in [-0.3, -0.25) is 13.9 Å². The lowest BCUT2D eigenvalue weighted by molar-refractivity contribution is -0.139. The topological polar surface area (TPSA) is 96.0 Å². The van der Waals surface area contributed by atoms with Gasteiger partial charge in [0, 0.05) is 23.1 Å². The Balaban J connectivity index is 2.03. The average Bonchev–Trinajstić information content (AvgIpc) is 2.90. The Morgan fingerprint density at radius 3 is 2.29 bits per heavy atom. The summed E-state index contributed by atoms with van der Waals surface area (Å²) in [7, 11) is -2.68. The second-order valence-corrected chi connectivity index (χ2v) is 11.5. The lowest BCUT2D eigenvalue weighted by Gasteiger charge is -2.31. The van der Waals surface area contributed by atoms with Crippen LogP contribution in [0, 0.1) is 0 Å². The molecule has 3 rings (SSSR count). The molecular formula is C27H29BrClN3O5S. The van der Waals surface area contributed by atoms with Crippen molar-refractivity contribution in [1.82, 2.24) is 10.2 Å². The fourth-order valence-electron chi connectivity index (χ4n) is 3.76. The molecule has 0 saturated heterocycles. The number of likely N-dealkylation sites (N-methyl/N-ethyl adjacent to an activating group) is 1. The van der Waals surface area contributed by atoms with Crippen molar-refractivity contribution in [2.24, 2.45) is 0 Å². The summed E-state index contributed by atoms with van der Waals surface area (Å²) >= 11 is 9.45. The summed E-state index contributed by atoms with van der Waals surface area (Å²) in [6.07, 6.45) is 0. The van der Waals surface area contributed by atoms with E-state index in [0.717, 1.165) is 4.31 Å². The molecule has 202 valence electrons. The van der Waals surface area contributed by atoms with Gasteiger partial charge in [0.05, 0.1) is 17.2 Å². The molecular weight excluding hydrogens is 594 g/mol. The normalized spacial score (nSPS) is 11.9. The van der Waals surface area contributed by atoms with Crippen molar-refractivity contribution in [1.29, 1.82) is 0 Å². The molecule has 0 spiro atoms. The van der Waals surface area contributed by atoms with Crippen molar-refractivity contribution in [3.05, 3.63) is 87.9 Å². The van der Waals surface area contributed by atoms with Crippen molar-refractivity contribution < 1.29 is 22.7 Å². The Hall–Kier alpha value is -3.08. The number of hydrogen-bond donors (Lipinski definition) is 1. The fourth-order valence-corrected chi connectivity index (χ4v) is 5.65. The largest absolute Gasteiger partial charge is 0.494 e. The predicted octanol–water partition coefficient (Wildman–Crippen LogP) is 4.86. The van der Waals surface area contributed by atoms with Gasteiger partial charge in [-0.25, -0.2) is 8.42 Å². The molecule has 38 heavy (non-hydrogen) atoms. The van der Waals surface area contributed by atoms with Crippen LogP contribution in [-0.2, 0) is 26.2 Å². The molecule has 3 aromatic rings. The Labute approximate surface area is 236 Å². The van der Waals surface area contributed by atoms with E-state index in [9.17, 15) is 18.0 Å². The molecule has 0 heterocycles. The highest BCUT2D eigenvalue weighted by Gasteiger charge is 2.32. The van der Waals surface area contributed by atoms with Gasteiger partial charge in [0.1, 0.15) is 18.3 Å². The van der Waals surface area contributed by atoms with Gasteiger partial charge in [0.2, 0.25) is 11.8 Å². The zero-order valence-electron chi connectivity index (χ0n) is 21.2. The molecule has 0 fully saturated rings. The quantitative estimate of drug-likeness (QED) is 0.330. The maximum Gasteiger partial charge on any atom is 0.264 e. The Kier molecular flexibility index (Phi) is 10.2. The van der Waals surface area contributed by atoms with Gasteiger partial charge in [-0.1, -0.05) is 39.7 Å². The van der Waals surface area contributed by atoms with Crippen molar-refractivity contribution in [3.63, 3.8) is 0 Å². The number of halogens is 2. The molecule has 2 amide bonds. The lowest BCUT2D eigenvalue weighted by Crippen LogP contribution is -2.50. The maximum atomic E-state index is 13.8. The van der Waals surface area contributed by atoms with Gasteiger partial charge < -0.3 is 15.0 Å². The predicted molar refractivity (Wildman–Crippen MR) is 152 cm³/mol. The number of benzene rings is 3. The summed E-state index contributed by atoms with van der Waals surface area (Å²) < 4.78 is 34.8. The van der Waals surface area contributed by atoms with Crippen LogP contribution in [0.25, 0.3) is 0 Å². The van der Waals surface area contributed by atoms with E-state index in [4.69, 9.17) is 16.3 Å². The third-order valence-corrected chi connectivity index (χ3v) is 8.32. The monoisotopic (exact) mass is 621 g/mol. The van der Waals surface area contributed by atoms with Crippen LogP contribution >= 0.6 is 27.5 Å². The number of nitrogens with zero attached hydrogens (tertiary/aromatic N) is 2. The number of sulfonamides is 1. The van der Waals surface area contributed by atoms with Gasteiger partial charge in [0.15, 0.2) is 0 Å². The van der Waals surface area contributed by atoms with Crippen molar-refractivity contribution in [2.45, 2.75) is 31.3 Å². The highest BCUT2D eigenvalue weighted by molar-refractivity contribution is 9.10. The minimum absolute atomic E-state index is 0.0168. The number of ether oxygens (including phenoxy) is 1. The number of nitrogens with one attached hydrogen (secondary N) is 1. The number of carbonyl (C=O) groups is 2. The standard InChI is InChI=1S/C27H29BrClN3O5S/c1-4-37-24-12-10-23(11-13-24)32(38(35,36)25-14-8-21(28)9-15-25)18-26(33)31(19(2)27(34)30-3)17-20-6-5-7-22(29)16-20/h5-16,19H,4,17-18H2,1-3H3,(H,30,34). The summed E-state index contributed by atoms with van der Waals surface area (Å²) in [5, 5.41) is 3.04. The summed E-state index contributed by atoms with van der Waals surface area (Å²) in [4.78, 5) is 27.6. The molecule has 1 unspecified atom stereocenters.